The molecule has 5 nitrogen and oxygen atoms in total. The Hall–Kier alpha value is -1.46. The first-order chi connectivity index (χ1) is 11.6. The van der Waals surface area contributed by atoms with Crippen molar-refractivity contribution in [2.45, 2.75) is 39.2 Å². The van der Waals surface area contributed by atoms with E-state index in [9.17, 15) is 4.79 Å². The highest BCUT2D eigenvalue weighted by Gasteiger charge is 2.30. The van der Waals surface area contributed by atoms with Crippen LogP contribution in [0.3, 0.4) is 0 Å². The summed E-state index contributed by atoms with van der Waals surface area (Å²) in [6, 6.07) is 3.91. The highest BCUT2D eigenvalue weighted by Crippen LogP contribution is 2.37. The summed E-state index contributed by atoms with van der Waals surface area (Å²) in [4.78, 5) is 14.7. The van der Waals surface area contributed by atoms with Gasteiger partial charge in [0.1, 0.15) is 0 Å². The first-order valence-corrected chi connectivity index (χ1v) is 9.09. The fourth-order valence-corrected chi connectivity index (χ4v) is 3.70. The molecule has 2 aliphatic rings. The van der Waals surface area contributed by atoms with Crippen LogP contribution in [0.25, 0.3) is 0 Å². The molecule has 0 aliphatic carbocycles. The van der Waals surface area contributed by atoms with Crippen molar-refractivity contribution in [1.29, 1.82) is 0 Å². The summed E-state index contributed by atoms with van der Waals surface area (Å²) in [5.41, 5.74) is 0.574. The van der Waals surface area contributed by atoms with Crippen LogP contribution in [-0.2, 0) is 4.79 Å². The number of rotatable bonds is 4. The number of nitrogens with one attached hydrogen (secondary N) is 1. The Balaban J connectivity index is 1.65. The largest absolute Gasteiger partial charge is 0.490 e. The summed E-state index contributed by atoms with van der Waals surface area (Å²) >= 11 is 6.29. The van der Waals surface area contributed by atoms with Crippen LogP contribution in [0.2, 0.25) is 5.02 Å². The monoisotopic (exact) mass is 352 g/mol. The van der Waals surface area contributed by atoms with Gasteiger partial charge < -0.3 is 14.8 Å². The lowest BCUT2D eigenvalue weighted by Gasteiger charge is -2.23. The highest BCUT2D eigenvalue weighted by molar-refractivity contribution is 6.34. The molecule has 0 aromatic heterocycles. The molecule has 2 heterocycles. The molecule has 1 amide bonds. The van der Waals surface area contributed by atoms with Crippen LogP contribution >= 0.6 is 11.6 Å². The van der Waals surface area contributed by atoms with Crippen molar-refractivity contribution in [3.8, 4) is 11.5 Å². The van der Waals surface area contributed by atoms with Crippen LogP contribution in [0.5, 0.6) is 11.5 Å². The highest BCUT2D eigenvalue weighted by atomic mass is 35.5. The molecule has 24 heavy (non-hydrogen) atoms. The number of anilines is 1. The average molecular weight is 353 g/mol. The summed E-state index contributed by atoms with van der Waals surface area (Å²) < 4.78 is 11.3. The number of nitrogens with zero attached hydrogens (tertiary/aromatic N) is 1. The van der Waals surface area contributed by atoms with E-state index in [1.54, 1.807) is 12.1 Å². The number of likely N-dealkylation sites (tertiary alicyclic amines) is 1. The summed E-state index contributed by atoms with van der Waals surface area (Å²) in [5.74, 6) is 1.90. The normalized spacial score (nSPS) is 23.8. The number of fused-ring (bicyclic) bond motifs is 1. The molecule has 0 saturated carbocycles. The number of halogens is 1. The van der Waals surface area contributed by atoms with Crippen molar-refractivity contribution < 1.29 is 14.3 Å². The average Bonchev–Trinajstić information content (AvgIpc) is 2.76. The zero-order chi connectivity index (χ0) is 17.1. The van der Waals surface area contributed by atoms with Crippen LogP contribution in [-0.4, -0.2) is 43.2 Å². The van der Waals surface area contributed by atoms with Gasteiger partial charge in [0, 0.05) is 24.6 Å². The maximum absolute atomic E-state index is 12.4. The second-order valence-electron chi connectivity index (χ2n) is 6.55. The van der Waals surface area contributed by atoms with Crippen molar-refractivity contribution >= 4 is 23.2 Å². The Morgan fingerprint density at radius 3 is 2.71 bits per heavy atom. The molecule has 0 spiro atoms. The molecule has 2 atom stereocenters. The van der Waals surface area contributed by atoms with Crippen LogP contribution < -0.4 is 14.8 Å². The molecule has 1 N–H and O–H groups in total. The molecule has 3 rings (SSSR count). The third-order valence-electron chi connectivity index (χ3n) is 5.03. The van der Waals surface area contributed by atoms with Gasteiger partial charge in [-0.1, -0.05) is 24.9 Å². The van der Waals surface area contributed by atoms with Crippen LogP contribution in [0.1, 0.15) is 33.1 Å². The first-order valence-electron chi connectivity index (χ1n) is 8.71. The third kappa shape index (κ3) is 3.78. The first kappa shape index (κ1) is 17.4. The van der Waals surface area contributed by atoms with Crippen LogP contribution in [0.4, 0.5) is 5.69 Å². The molecule has 1 aromatic carbocycles. The lowest BCUT2D eigenvalue weighted by atomic mass is 9.99. The molecule has 0 bridgehead atoms. The summed E-state index contributed by atoms with van der Waals surface area (Å²) in [7, 11) is 0. The smallest absolute Gasteiger partial charge is 0.238 e. The summed E-state index contributed by atoms with van der Waals surface area (Å²) in [6.07, 6.45) is 3.16. The Morgan fingerprint density at radius 2 is 2.04 bits per heavy atom. The SMILES string of the molecule is CC[C@H]1CCN(CC(=O)Nc2cc3c(cc2Cl)OCCCO3)[C@H]1C. The van der Waals surface area contributed by atoms with Crippen LogP contribution in [0.15, 0.2) is 12.1 Å². The van der Waals surface area contributed by atoms with Gasteiger partial charge in [-0.25, -0.2) is 0 Å². The topological polar surface area (TPSA) is 50.8 Å². The third-order valence-corrected chi connectivity index (χ3v) is 5.34. The van der Waals surface area contributed by atoms with Gasteiger partial charge in [0.05, 0.1) is 30.5 Å². The number of amides is 1. The summed E-state index contributed by atoms with van der Waals surface area (Å²) in [5, 5.41) is 3.38. The van der Waals surface area contributed by atoms with Crippen molar-refractivity contribution in [3.05, 3.63) is 17.2 Å². The van der Waals surface area contributed by atoms with Crippen LogP contribution in [0, 0.1) is 5.92 Å². The second-order valence-corrected chi connectivity index (χ2v) is 6.95. The zero-order valence-corrected chi connectivity index (χ0v) is 15.1. The standard InChI is InChI=1S/C18H25ClN2O3/c1-3-13-5-6-21(12(13)2)11-18(22)20-15-10-17-16(9-14(15)19)23-7-4-8-24-17/h9-10,12-13H,3-8,11H2,1-2H3,(H,20,22)/t12-,13-/m0/s1. The van der Waals surface area contributed by atoms with E-state index in [1.807, 2.05) is 0 Å². The Morgan fingerprint density at radius 1 is 1.33 bits per heavy atom. The Kier molecular flexibility index (Phi) is 5.51. The molecular formula is C18H25ClN2O3. The van der Waals surface area contributed by atoms with E-state index < -0.39 is 0 Å². The van der Waals surface area contributed by atoms with Gasteiger partial charge in [-0.15, -0.1) is 0 Å². The van der Waals surface area contributed by atoms with E-state index in [2.05, 4.69) is 24.1 Å². The molecule has 132 valence electrons. The van der Waals surface area contributed by atoms with E-state index in [4.69, 9.17) is 21.1 Å². The van der Waals surface area contributed by atoms with E-state index in [1.165, 1.54) is 0 Å². The fourth-order valence-electron chi connectivity index (χ4n) is 3.50. The van der Waals surface area contributed by atoms with Gasteiger partial charge in [0.25, 0.3) is 0 Å². The van der Waals surface area contributed by atoms with Crippen molar-refractivity contribution in [2.24, 2.45) is 5.92 Å². The maximum Gasteiger partial charge on any atom is 0.238 e. The van der Waals surface area contributed by atoms with Crippen molar-refractivity contribution in [3.63, 3.8) is 0 Å². The van der Waals surface area contributed by atoms with Crippen molar-refractivity contribution in [2.75, 3.05) is 31.6 Å². The predicted molar refractivity (Wildman–Crippen MR) is 95.1 cm³/mol. The lowest BCUT2D eigenvalue weighted by molar-refractivity contribution is -0.117. The molecule has 0 radical (unpaired) electrons. The van der Waals surface area contributed by atoms with Gasteiger partial charge >= 0.3 is 0 Å². The second kappa shape index (κ2) is 7.62. The molecule has 6 heteroatoms. The number of hydrogen-bond acceptors (Lipinski definition) is 4. The molecule has 1 saturated heterocycles. The number of carbonyl (C=O) groups is 1. The minimum absolute atomic E-state index is 0.0463. The number of hydrogen-bond donors (Lipinski definition) is 1. The van der Waals surface area contributed by atoms with Gasteiger partial charge in [0.2, 0.25) is 5.91 Å². The Labute approximate surface area is 148 Å². The number of ether oxygens (including phenoxy) is 2. The maximum atomic E-state index is 12.4. The zero-order valence-electron chi connectivity index (χ0n) is 14.3. The fraction of sp³-hybridized carbons (Fsp3) is 0.611. The van der Waals surface area contributed by atoms with E-state index in [-0.39, 0.29) is 5.91 Å². The van der Waals surface area contributed by atoms with Gasteiger partial charge in [0.15, 0.2) is 11.5 Å². The quantitative estimate of drug-likeness (QED) is 0.900. The van der Waals surface area contributed by atoms with E-state index in [0.717, 1.165) is 25.8 Å². The summed E-state index contributed by atoms with van der Waals surface area (Å²) in [6.45, 7) is 6.99. The Bertz CT molecular complexity index is 608. The minimum atomic E-state index is -0.0463. The van der Waals surface area contributed by atoms with Gasteiger partial charge in [-0.3, -0.25) is 9.69 Å². The number of carbonyl (C=O) groups excluding carboxylic acids is 1. The van der Waals surface area contributed by atoms with Gasteiger partial charge in [-0.2, -0.15) is 0 Å². The van der Waals surface area contributed by atoms with Gasteiger partial charge in [-0.05, 0) is 25.8 Å². The molecule has 1 aromatic rings. The van der Waals surface area contributed by atoms with E-state index >= 15 is 0 Å². The molecular weight excluding hydrogens is 328 g/mol. The molecule has 2 aliphatic heterocycles. The molecule has 1 fully saturated rings. The number of benzene rings is 1. The predicted octanol–water partition coefficient (Wildman–Crippen LogP) is 3.56. The lowest BCUT2D eigenvalue weighted by Crippen LogP contribution is -2.37. The van der Waals surface area contributed by atoms with E-state index in [0.29, 0.717) is 53.9 Å². The minimum Gasteiger partial charge on any atom is -0.490 e. The van der Waals surface area contributed by atoms with Crippen molar-refractivity contribution in [1.82, 2.24) is 4.90 Å². The molecule has 0 unspecified atom stereocenters.